The van der Waals surface area contributed by atoms with Crippen LogP contribution in [0.2, 0.25) is 0 Å². The Hall–Kier alpha value is -1.35. The van der Waals surface area contributed by atoms with Gasteiger partial charge in [-0.25, -0.2) is 0 Å². The zero-order valence-corrected chi connectivity index (χ0v) is 10.7. The number of carbonyl (C=O) groups excluding carboxylic acids is 1. The summed E-state index contributed by atoms with van der Waals surface area (Å²) in [6, 6.07) is 6.08. The van der Waals surface area contributed by atoms with Gasteiger partial charge in [-0.05, 0) is 17.5 Å². The molecule has 17 heavy (non-hydrogen) atoms. The summed E-state index contributed by atoms with van der Waals surface area (Å²) in [4.78, 5) is 13.5. The summed E-state index contributed by atoms with van der Waals surface area (Å²) in [6.45, 7) is 4.07. The number of amides is 1. The van der Waals surface area contributed by atoms with Crippen LogP contribution in [0.25, 0.3) is 0 Å². The minimum Gasteiger partial charge on any atom is -0.395 e. The second kappa shape index (κ2) is 4.15. The van der Waals surface area contributed by atoms with Gasteiger partial charge in [0.1, 0.15) is 0 Å². The molecule has 1 aromatic carbocycles. The minimum absolute atomic E-state index is 0.0749. The van der Waals surface area contributed by atoms with Crippen LogP contribution in [0, 0.1) is 0 Å². The molecule has 0 aliphatic carbocycles. The third-order valence-corrected chi connectivity index (χ3v) is 3.56. The molecule has 0 unspecified atom stereocenters. The summed E-state index contributed by atoms with van der Waals surface area (Å²) in [5.41, 5.74) is 2.92. The summed E-state index contributed by atoms with van der Waals surface area (Å²) < 4.78 is 0. The largest absolute Gasteiger partial charge is 0.395 e. The van der Waals surface area contributed by atoms with E-state index in [-0.39, 0.29) is 17.9 Å². The second-order valence-electron chi connectivity index (χ2n) is 5.31. The van der Waals surface area contributed by atoms with Crippen LogP contribution < -0.4 is 4.90 Å². The maximum absolute atomic E-state index is 11.8. The van der Waals surface area contributed by atoms with Crippen molar-refractivity contribution in [2.45, 2.75) is 32.1 Å². The number of nitrogens with zero attached hydrogens (tertiary/aromatic N) is 1. The van der Waals surface area contributed by atoms with E-state index in [4.69, 9.17) is 0 Å². The smallest absolute Gasteiger partial charge is 0.227 e. The molecule has 0 fully saturated rings. The standard InChI is InChI=1S/C14H19NO2/c1-14(2,9-16)11-6-4-5-10-7-8-12(17)15(3)13(10)11/h4-6,16H,7-9H2,1-3H3. The number of anilines is 1. The fourth-order valence-electron chi connectivity index (χ4n) is 2.35. The van der Waals surface area contributed by atoms with Gasteiger partial charge in [0.15, 0.2) is 0 Å². The minimum atomic E-state index is -0.322. The van der Waals surface area contributed by atoms with E-state index in [0.29, 0.717) is 6.42 Å². The first kappa shape index (κ1) is 12.1. The quantitative estimate of drug-likeness (QED) is 0.847. The fourth-order valence-corrected chi connectivity index (χ4v) is 2.35. The molecule has 0 aromatic heterocycles. The Morgan fingerprint density at radius 2 is 2.06 bits per heavy atom. The Morgan fingerprint density at radius 3 is 2.71 bits per heavy atom. The highest BCUT2D eigenvalue weighted by atomic mass is 16.3. The maximum Gasteiger partial charge on any atom is 0.227 e. The van der Waals surface area contributed by atoms with Gasteiger partial charge in [-0.1, -0.05) is 32.0 Å². The van der Waals surface area contributed by atoms with Crippen molar-refractivity contribution in [3.05, 3.63) is 29.3 Å². The normalized spacial score (nSPS) is 16.0. The van der Waals surface area contributed by atoms with Crippen LogP contribution in [0.5, 0.6) is 0 Å². The molecule has 1 aliphatic heterocycles. The van der Waals surface area contributed by atoms with Gasteiger partial charge in [0.2, 0.25) is 5.91 Å². The van der Waals surface area contributed by atoms with Crippen LogP contribution >= 0.6 is 0 Å². The molecule has 0 spiro atoms. The Labute approximate surface area is 102 Å². The molecule has 0 bridgehead atoms. The van der Waals surface area contributed by atoms with Gasteiger partial charge in [-0.2, -0.15) is 0 Å². The van der Waals surface area contributed by atoms with Crippen LogP contribution in [0.15, 0.2) is 18.2 Å². The van der Waals surface area contributed by atoms with Crippen molar-refractivity contribution in [3.8, 4) is 0 Å². The van der Waals surface area contributed by atoms with E-state index in [9.17, 15) is 9.90 Å². The van der Waals surface area contributed by atoms with Crippen molar-refractivity contribution in [2.75, 3.05) is 18.6 Å². The molecule has 3 heteroatoms. The van der Waals surface area contributed by atoms with Gasteiger partial charge in [0, 0.05) is 18.9 Å². The zero-order chi connectivity index (χ0) is 12.6. The molecule has 1 amide bonds. The van der Waals surface area contributed by atoms with Gasteiger partial charge >= 0.3 is 0 Å². The number of para-hydroxylation sites is 1. The van der Waals surface area contributed by atoms with Crippen LogP contribution in [0.4, 0.5) is 5.69 Å². The zero-order valence-electron chi connectivity index (χ0n) is 10.7. The van der Waals surface area contributed by atoms with Gasteiger partial charge in [0.25, 0.3) is 0 Å². The Bertz CT molecular complexity index is 452. The SMILES string of the molecule is CN1C(=O)CCc2cccc(C(C)(C)CO)c21. The average Bonchev–Trinajstić information content (AvgIpc) is 2.33. The van der Waals surface area contributed by atoms with E-state index >= 15 is 0 Å². The molecule has 0 saturated heterocycles. The highest BCUT2D eigenvalue weighted by molar-refractivity contribution is 5.97. The number of fused-ring (bicyclic) bond motifs is 1. The molecular weight excluding hydrogens is 214 g/mol. The van der Waals surface area contributed by atoms with Gasteiger partial charge in [-0.3, -0.25) is 4.79 Å². The Balaban J connectivity index is 2.60. The molecule has 1 aromatic rings. The molecule has 1 N–H and O–H groups in total. The Morgan fingerprint density at radius 1 is 1.35 bits per heavy atom. The summed E-state index contributed by atoms with van der Waals surface area (Å²) in [5.74, 6) is 0.152. The topological polar surface area (TPSA) is 40.5 Å². The molecule has 2 rings (SSSR count). The predicted molar refractivity (Wildman–Crippen MR) is 68.3 cm³/mol. The number of benzene rings is 1. The second-order valence-corrected chi connectivity index (χ2v) is 5.31. The van der Waals surface area contributed by atoms with E-state index in [1.54, 1.807) is 4.90 Å². The van der Waals surface area contributed by atoms with Crippen molar-refractivity contribution < 1.29 is 9.90 Å². The summed E-state index contributed by atoms with van der Waals surface area (Å²) in [7, 11) is 1.82. The van der Waals surface area contributed by atoms with E-state index in [1.165, 1.54) is 5.56 Å². The monoisotopic (exact) mass is 233 g/mol. The molecule has 0 atom stereocenters. The van der Waals surface area contributed by atoms with Crippen molar-refractivity contribution in [1.29, 1.82) is 0 Å². The first-order valence-electron chi connectivity index (χ1n) is 5.97. The molecular formula is C14H19NO2. The van der Waals surface area contributed by atoms with E-state index < -0.39 is 0 Å². The lowest BCUT2D eigenvalue weighted by molar-refractivity contribution is -0.118. The highest BCUT2D eigenvalue weighted by Crippen LogP contribution is 2.37. The van der Waals surface area contributed by atoms with E-state index in [1.807, 2.05) is 33.0 Å². The third-order valence-electron chi connectivity index (χ3n) is 3.56. The van der Waals surface area contributed by atoms with Crippen molar-refractivity contribution in [2.24, 2.45) is 0 Å². The first-order valence-corrected chi connectivity index (χ1v) is 5.97. The number of hydrogen-bond acceptors (Lipinski definition) is 2. The summed E-state index contributed by atoms with van der Waals surface area (Å²) >= 11 is 0. The predicted octanol–water partition coefficient (Wildman–Crippen LogP) is 1.87. The molecule has 92 valence electrons. The molecule has 1 heterocycles. The molecule has 0 saturated carbocycles. The number of aliphatic hydroxyl groups is 1. The van der Waals surface area contributed by atoms with E-state index in [2.05, 4.69) is 6.07 Å². The van der Waals surface area contributed by atoms with Crippen molar-refractivity contribution >= 4 is 11.6 Å². The lowest BCUT2D eigenvalue weighted by atomic mass is 9.81. The maximum atomic E-state index is 11.8. The van der Waals surface area contributed by atoms with Crippen LogP contribution in [0.1, 0.15) is 31.4 Å². The van der Waals surface area contributed by atoms with Crippen LogP contribution in [0.3, 0.4) is 0 Å². The number of aryl methyl sites for hydroxylation is 1. The van der Waals surface area contributed by atoms with Gasteiger partial charge in [-0.15, -0.1) is 0 Å². The average molecular weight is 233 g/mol. The van der Waals surface area contributed by atoms with Gasteiger partial charge in [0.05, 0.1) is 12.3 Å². The third kappa shape index (κ3) is 1.95. The summed E-state index contributed by atoms with van der Waals surface area (Å²) in [6.07, 6.45) is 1.38. The summed E-state index contributed by atoms with van der Waals surface area (Å²) in [5, 5.41) is 9.50. The Kier molecular flexibility index (Phi) is 2.96. The number of carbonyl (C=O) groups is 1. The lowest BCUT2D eigenvalue weighted by Crippen LogP contribution is -2.35. The van der Waals surface area contributed by atoms with Crippen molar-refractivity contribution in [3.63, 3.8) is 0 Å². The van der Waals surface area contributed by atoms with E-state index in [0.717, 1.165) is 17.7 Å². The highest BCUT2D eigenvalue weighted by Gasteiger charge is 2.30. The molecule has 3 nitrogen and oxygen atoms in total. The molecule has 1 aliphatic rings. The number of rotatable bonds is 2. The van der Waals surface area contributed by atoms with Crippen molar-refractivity contribution in [1.82, 2.24) is 0 Å². The fraction of sp³-hybridized carbons (Fsp3) is 0.500. The van der Waals surface area contributed by atoms with Crippen LogP contribution in [-0.2, 0) is 16.6 Å². The van der Waals surface area contributed by atoms with Gasteiger partial charge < -0.3 is 10.0 Å². The number of aliphatic hydroxyl groups excluding tert-OH is 1. The first-order chi connectivity index (χ1) is 7.97. The van der Waals surface area contributed by atoms with Crippen LogP contribution in [-0.4, -0.2) is 24.7 Å². The molecule has 0 radical (unpaired) electrons. The lowest BCUT2D eigenvalue weighted by Gasteiger charge is -2.33. The number of hydrogen-bond donors (Lipinski definition) is 1.